The van der Waals surface area contributed by atoms with E-state index in [1.54, 1.807) is 0 Å². The molecule has 4 rings (SSSR count). The van der Waals surface area contributed by atoms with E-state index in [2.05, 4.69) is 15.5 Å². The highest BCUT2D eigenvalue weighted by Crippen LogP contribution is 2.49. The van der Waals surface area contributed by atoms with Crippen LogP contribution in [0.25, 0.3) is 0 Å². The standard InChI is InChI=1S/C14H21N3O/c1-2-10-5-9(1)6-11(10)7-13-16-17-14(18-13)8-15-12-3-4-12/h9-12,15H,1-8H2. The van der Waals surface area contributed by atoms with Gasteiger partial charge in [0, 0.05) is 12.5 Å². The topological polar surface area (TPSA) is 51.0 Å². The predicted octanol–water partition coefficient (Wildman–Crippen LogP) is 2.30. The van der Waals surface area contributed by atoms with Gasteiger partial charge in [0.2, 0.25) is 11.8 Å². The molecule has 2 bridgehead atoms. The molecule has 3 fully saturated rings. The molecule has 3 aliphatic carbocycles. The third-order valence-corrected chi connectivity index (χ3v) is 4.95. The average molecular weight is 247 g/mol. The molecule has 4 nitrogen and oxygen atoms in total. The number of nitrogens with one attached hydrogen (secondary N) is 1. The van der Waals surface area contributed by atoms with Crippen molar-refractivity contribution >= 4 is 0 Å². The minimum absolute atomic E-state index is 0.700. The van der Waals surface area contributed by atoms with Crippen LogP contribution in [0.3, 0.4) is 0 Å². The van der Waals surface area contributed by atoms with Gasteiger partial charge in [0.25, 0.3) is 0 Å². The maximum Gasteiger partial charge on any atom is 0.230 e. The highest BCUT2D eigenvalue weighted by atomic mass is 16.4. The van der Waals surface area contributed by atoms with Gasteiger partial charge in [-0.25, -0.2) is 0 Å². The fourth-order valence-corrected chi connectivity index (χ4v) is 3.81. The molecule has 3 atom stereocenters. The smallest absolute Gasteiger partial charge is 0.230 e. The zero-order valence-electron chi connectivity index (χ0n) is 10.8. The van der Waals surface area contributed by atoms with Crippen molar-refractivity contribution in [1.29, 1.82) is 0 Å². The number of nitrogens with zero attached hydrogens (tertiary/aromatic N) is 2. The highest BCUT2D eigenvalue weighted by Gasteiger charge is 2.39. The Morgan fingerprint density at radius 1 is 1.06 bits per heavy atom. The summed E-state index contributed by atoms with van der Waals surface area (Å²) in [4.78, 5) is 0. The summed E-state index contributed by atoms with van der Waals surface area (Å²) in [5.41, 5.74) is 0. The lowest BCUT2D eigenvalue weighted by Gasteiger charge is -2.19. The van der Waals surface area contributed by atoms with Crippen LogP contribution in [-0.4, -0.2) is 16.2 Å². The van der Waals surface area contributed by atoms with Gasteiger partial charge in [-0.1, -0.05) is 6.42 Å². The molecule has 98 valence electrons. The summed E-state index contributed by atoms with van der Waals surface area (Å²) in [5, 5.41) is 11.8. The summed E-state index contributed by atoms with van der Waals surface area (Å²) < 4.78 is 5.75. The first kappa shape index (κ1) is 11.0. The molecule has 0 aliphatic heterocycles. The molecule has 0 aromatic carbocycles. The number of fused-ring (bicyclic) bond motifs is 2. The van der Waals surface area contributed by atoms with Crippen LogP contribution in [0.15, 0.2) is 4.42 Å². The van der Waals surface area contributed by atoms with Crippen LogP contribution in [0.5, 0.6) is 0 Å². The van der Waals surface area contributed by atoms with Crippen LogP contribution in [-0.2, 0) is 13.0 Å². The van der Waals surface area contributed by atoms with Crippen molar-refractivity contribution in [2.45, 2.75) is 57.5 Å². The first-order valence-electron chi connectivity index (χ1n) is 7.41. The number of aromatic nitrogens is 2. The van der Waals surface area contributed by atoms with Gasteiger partial charge in [0.05, 0.1) is 6.54 Å². The van der Waals surface area contributed by atoms with E-state index in [-0.39, 0.29) is 0 Å². The van der Waals surface area contributed by atoms with Gasteiger partial charge in [0.1, 0.15) is 0 Å². The lowest BCUT2D eigenvalue weighted by Crippen LogP contribution is -2.15. The summed E-state index contributed by atoms with van der Waals surface area (Å²) in [6.07, 6.45) is 9.34. The summed E-state index contributed by atoms with van der Waals surface area (Å²) in [6.45, 7) is 0.744. The van der Waals surface area contributed by atoms with Gasteiger partial charge in [-0.2, -0.15) is 0 Å². The first-order chi connectivity index (χ1) is 8.87. The van der Waals surface area contributed by atoms with E-state index >= 15 is 0 Å². The molecular formula is C14H21N3O. The Bertz CT molecular complexity index is 426. The van der Waals surface area contributed by atoms with Crippen LogP contribution in [0.4, 0.5) is 0 Å². The van der Waals surface area contributed by atoms with E-state index in [0.717, 1.165) is 42.5 Å². The van der Waals surface area contributed by atoms with Crippen LogP contribution < -0.4 is 5.32 Å². The van der Waals surface area contributed by atoms with Crippen LogP contribution in [0.1, 0.15) is 50.3 Å². The Kier molecular flexibility index (Phi) is 2.64. The third-order valence-electron chi connectivity index (χ3n) is 4.95. The Balaban J connectivity index is 1.33. The third kappa shape index (κ3) is 2.18. The molecule has 4 heteroatoms. The Morgan fingerprint density at radius 2 is 1.94 bits per heavy atom. The zero-order chi connectivity index (χ0) is 11.9. The molecule has 3 saturated carbocycles. The number of hydrogen-bond acceptors (Lipinski definition) is 4. The fourth-order valence-electron chi connectivity index (χ4n) is 3.81. The zero-order valence-corrected chi connectivity index (χ0v) is 10.8. The molecule has 3 aliphatic rings. The monoisotopic (exact) mass is 247 g/mol. The van der Waals surface area contributed by atoms with E-state index in [1.165, 1.54) is 38.5 Å². The largest absolute Gasteiger partial charge is 0.424 e. The van der Waals surface area contributed by atoms with Gasteiger partial charge in [-0.05, 0) is 49.9 Å². The van der Waals surface area contributed by atoms with E-state index in [9.17, 15) is 0 Å². The molecule has 0 amide bonds. The minimum Gasteiger partial charge on any atom is -0.424 e. The molecule has 1 heterocycles. The quantitative estimate of drug-likeness (QED) is 0.867. The molecular weight excluding hydrogens is 226 g/mol. The normalized spacial score (nSPS) is 34.3. The van der Waals surface area contributed by atoms with E-state index < -0.39 is 0 Å². The van der Waals surface area contributed by atoms with Crippen molar-refractivity contribution in [2.75, 3.05) is 0 Å². The molecule has 1 aromatic heterocycles. The summed E-state index contributed by atoms with van der Waals surface area (Å²) in [7, 11) is 0. The Morgan fingerprint density at radius 3 is 2.67 bits per heavy atom. The Labute approximate surface area is 108 Å². The molecule has 0 saturated heterocycles. The molecule has 18 heavy (non-hydrogen) atoms. The fraction of sp³-hybridized carbons (Fsp3) is 0.857. The number of hydrogen-bond donors (Lipinski definition) is 1. The van der Waals surface area contributed by atoms with E-state index in [4.69, 9.17) is 4.42 Å². The second kappa shape index (κ2) is 4.34. The molecule has 0 radical (unpaired) electrons. The van der Waals surface area contributed by atoms with Crippen LogP contribution >= 0.6 is 0 Å². The van der Waals surface area contributed by atoms with Crippen molar-refractivity contribution in [3.8, 4) is 0 Å². The second-order valence-electron chi connectivity index (χ2n) is 6.38. The molecule has 1 N–H and O–H groups in total. The van der Waals surface area contributed by atoms with Gasteiger partial charge in [-0.15, -0.1) is 10.2 Å². The molecule has 3 unspecified atom stereocenters. The molecule has 0 spiro atoms. The van der Waals surface area contributed by atoms with Crippen molar-refractivity contribution in [3.63, 3.8) is 0 Å². The van der Waals surface area contributed by atoms with E-state index in [0.29, 0.717) is 6.04 Å². The van der Waals surface area contributed by atoms with Crippen molar-refractivity contribution in [3.05, 3.63) is 11.8 Å². The number of rotatable bonds is 5. The van der Waals surface area contributed by atoms with Crippen molar-refractivity contribution in [2.24, 2.45) is 17.8 Å². The van der Waals surface area contributed by atoms with Crippen molar-refractivity contribution in [1.82, 2.24) is 15.5 Å². The lowest BCUT2D eigenvalue weighted by atomic mass is 9.86. The van der Waals surface area contributed by atoms with Crippen LogP contribution in [0.2, 0.25) is 0 Å². The molecule has 1 aromatic rings. The van der Waals surface area contributed by atoms with Gasteiger partial charge in [-0.3, -0.25) is 0 Å². The second-order valence-corrected chi connectivity index (χ2v) is 6.38. The maximum absolute atomic E-state index is 5.75. The van der Waals surface area contributed by atoms with Crippen molar-refractivity contribution < 1.29 is 4.42 Å². The van der Waals surface area contributed by atoms with Crippen LogP contribution in [0, 0.1) is 17.8 Å². The summed E-state index contributed by atoms with van der Waals surface area (Å²) in [6, 6.07) is 0.700. The highest BCUT2D eigenvalue weighted by molar-refractivity contribution is 4.95. The maximum atomic E-state index is 5.75. The minimum atomic E-state index is 0.700. The van der Waals surface area contributed by atoms with Gasteiger partial charge in [0.15, 0.2) is 0 Å². The average Bonchev–Trinajstić information content (AvgIpc) is 2.78. The summed E-state index contributed by atoms with van der Waals surface area (Å²) in [5.74, 6) is 4.38. The summed E-state index contributed by atoms with van der Waals surface area (Å²) >= 11 is 0. The predicted molar refractivity (Wildman–Crippen MR) is 66.8 cm³/mol. The van der Waals surface area contributed by atoms with Gasteiger partial charge < -0.3 is 9.73 Å². The van der Waals surface area contributed by atoms with E-state index in [1.807, 2.05) is 0 Å². The lowest BCUT2D eigenvalue weighted by molar-refractivity contribution is 0.302. The Hall–Kier alpha value is -0.900. The SMILES string of the molecule is C(NC1CC1)c1nnc(CC2CC3CCC2C3)o1. The van der Waals surface area contributed by atoms with Gasteiger partial charge >= 0.3 is 0 Å². The first-order valence-corrected chi connectivity index (χ1v) is 7.41.